The molecule has 1 amide bonds. The van der Waals surface area contributed by atoms with Gasteiger partial charge >= 0.3 is 0 Å². The average Bonchev–Trinajstić information content (AvgIpc) is 2.81. The number of hydrogen-bond donors (Lipinski definition) is 2. The fourth-order valence-electron chi connectivity index (χ4n) is 2.88. The van der Waals surface area contributed by atoms with Crippen LogP contribution in [0.5, 0.6) is 0 Å². The van der Waals surface area contributed by atoms with Gasteiger partial charge in [-0.05, 0) is 51.1 Å². The van der Waals surface area contributed by atoms with Gasteiger partial charge in [-0.1, -0.05) is 12.8 Å². The van der Waals surface area contributed by atoms with E-state index in [0.717, 1.165) is 31.8 Å². The van der Waals surface area contributed by atoms with Crippen LogP contribution in [-0.4, -0.2) is 25.0 Å². The number of carbonyl (C=O) groups excluding carboxylic acids is 1. The Morgan fingerprint density at radius 2 is 2.00 bits per heavy atom. The first kappa shape index (κ1) is 11.9. The summed E-state index contributed by atoms with van der Waals surface area (Å²) in [5.74, 6) is 1.00. The highest BCUT2D eigenvalue weighted by atomic mass is 16.1. The zero-order valence-corrected chi connectivity index (χ0v) is 10.1. The lowest BCUT2D eigenvalue weighted by atomic mass is 9.94. The van der Waals surface area contributed by atoms with Gasteiger partial charge in [-0.3, -0.25) is 4.79 Å². The first-order valence-corrected chi connectivity index (χ1v) is 6.84. The zero-order chi connectivity index (χ0) is 11.2. The quantitative estimate of drug-likeness (QED) is 0.765. The lowest BCUT2D eigenvalue weighted by molar-refractivity contribution is -0.122. The fourth-order valence-corrected chi connectivity index (χ4v) is 2.88. The van der Waals surface area contributed by atoms with Crippen LogP contribution in [0.3, 0.4) is 0 Å². The number of rotatable bonds is 4. The Hall–Kier alpha value is -0.570. The third kappa shape index (κ3) is 3.78. The Morgan fingerprint density at radius 3 is 2.69 bits per heavy atom. The summed E-state index contributed by atoms with van der Waals surface area (Å²) in [5, 5.41) is 6.56. The largest absolute Gasteiger partial charge is 0.353 e. The highest BCUT2D eigenvalue weighted by Gasteiger charge is 2.18. The molecule has 1 unspecified atom stereocenters. The number of hydrogen-bond acceptors (Lipinski definition) is 2. The molecule has 2 fully saturated rings. The Morgan fingerprint density at radius 1 is 1.19 bits per heavy atom. The van der Waals surface area contributed by atoms with Gasteiger partial charge in [-0.2, -0.15) is 0 Å². The molecule has 2 N–H and O–H groups in total. The van der Waals surface area contributed by atoms with E-state index < -0.39 is 0 Å². The predicted octanol–water partition coefficient (Wildman–Crippen LogP) is 1.82. The molecule has 1 saturated carbocycles. The van der Waals surface area contributed by atoms with Crippen molar-refractivity contribution in [3.05, 3.63) is 0 Å². The SMILES string of the molecule is O=C(CCC1CCCNC1)NC1CCCC1. The van der Waals surface area contributed by atoms with Crippen LogP contribution < -0.4 is 10.6 Å². The van der Waals surface area contributed by atoms with Crippen molar-refractivity contribution < 1.29 is 4.79 Å². The molecule has 1 aliphatic heterocycles. The molecule has 0 spiro atoms. The maximum absolute atomic E-state index is 11.7. The van der Waals surface area contributed by atoms with E-state index in [1.807, 2.05) is 0 Å². The summed E-state index contributed by atoms with van der Waals surface area (Å²) in [4.78, 5) is 11.7. The minimum absolute atomic E-state index is 0.275. The second kappa shape index (κ2) is 6.24. The summed E-state index contributed by atoms with van der Waals surface area (Å²) in [6.07, 6.45) is 9.31. The molecule has 1 aliphatic carbocycles. The normalized spacial score (nSPS) is 26.9. The van der Waals surface area contributed by atoms with Gasteiger partial charge in [0.1, 0.15) is 0 Å². The molecule has 3 nitrogen and oxygen atoms in total. The summed E-state index contributed by atoms with van der Waals surface area (Å²) < 4.78 is 0. The van der Waals surface area contributed by atoms with Crippen LogP contribution in [0, 0.1) is 5.92 Å². The monoisotopic (exact) mass is 224 g/mol. The summed E-state index contributed by atoms with van der Waals surface area (Å²) in [6.45, 7) is 2.27. The maximum Gasteiger partial charge on any atom is 0.220 e. The van der Waals surface area contributed by atoms with E-state index >= 15 is 0 Å². The van der Waals surface area contributed by atoms with E-state index in [4.69, 9.17) is 0 Å². The molecule has 16 heavy (non-hydrogen) atoms. The minimum Gasteiger partial charge on any atom is -0.353 e. The Kier molecular flexibility index (Phi) is 4.64. The molecule has 1 heterocycles. The minimum atomic E-state index is 0.275. The number of amides is 1. The van der Waals surface area contributed by atoms with E-state index in [1.54, 1.807) is 0 Å². The third-order valence-electron chi connectivity index (χ3n) is 3.90. The van der Waals surface area contributed by atoms with Crippen LogP contribution in [0.15, 0.2) is 0 Å². The van der Waals surface area contributed by atoms with Gasteiger partial charge < -0.3 is 10.6 Å². The van der Waals surface area contributed by atoms with Gasteiger partial charge in [0.05, 0.1) is 0 Å². The Bertz CT molecular complexity index is 218. The second-order valence-electron chi connectivity index (χ2n) is 5.30. The van der Waals surface area contributed by atoms with Gasteiger partial charge in [0.15, 0.2) is 0 Å². The van der Waals surface area contributed by atoms with Crippen molar-refractivity contribution in [3.63, 3.8) is 0 Å². The second-order valence-corrected chi connectivity index (χ2v) is 5.30. The third-order valence-corrected chi connectivity index (χ3v) is 3.90. The maximum atomic E-state index is 11.7. The van der Waals surface area contributed by atoms with E-state index in [1.165, 1.54) is 38.5 Å². The van der Waals surface area contributed by atoms with Crippen molar-refractivity contribution in [2.24, 2.45) is 5.92 Å². The predicted molar refractivity (Wildman–Crippen MR) is 65.2 cm³/mol. The van der Waals surface area contributed by atoms with E-state index in [0.29, 0.717) is 6.04 Å². The number of nitrogens with one attached hydrogen (secondary N) is 2. The number of carbonyl (C=O) groups is 1. The standard InChI is InChI=1S/C13H24N2O/c16-13(15-12-5-1-2-6-12)8-7-11-4-3-9-14-10-11/h11-12,14H,1-10H2,(H,15,16). The zero-order valence-electron chi connectivity index (χ0n) is 10.1. The molecular formula is C13H24N2O. The Labute approximate surface area is 98.4 Å². The van der Waals surface area contributed by atoms with E-state index in [-0.39, 0.29) is 5.91 Å². The first-order chi connectivity index (χ1) is 7.84. The van der Waals surface area contributed by atoms with Crippen molar-refractivity contribution in [2.45, 2.75) is 57.4 Å². The van der Waals surface area contributed by atoms with Crippen molar-refractivity contribution >= 4 is 5.91 Å². The summed E-state index contributed by atoms with van der Waals surface area (Å²) in [6, 6.07) is 0.483. The molecule has 1 atom stereocenters. The lowest BCUT2D eigenvalue weighted by Gasteiger charge is -2.22. The van der Waals surface area contributed by atoms with Crippen LogP contribution in [0.2, 0.25) is 0 Å². The topological polar surface area (TPSA) is 41.1 Å². The van der Waals surface area contributed by atoms with Crippen molar-refractivity contribution in [1.82, 2.24) is 10.6 Å². The molecule has 0 aromatic heterocycles. The van der Waals surface area contributed by atoms with Gasteiger partial charge in [0.25, 0.3) is 0 Å². The first-order valence-electron chi connectivity index (χ1n) is 6.84. The highest BCUT2D eigenvalue weighted by Crippen LogP contribution is 2.19. The highest BCUT2D eigenvalue weighted by molar-refractivity contribution is 5.76. The molecule has 0 aromatic carbocycles. The van der Waals surface area contributed by atoms with Crippen molar-refractivity contribution in [1.29, 1.82) is 0 Å². The van der Waals surface area contributed by atoms with E-state index in [2.05, 4.69) is 10.6 Å². The summed E-state index contributed by atoms with van der Waals surface area (Å²) >= 11 is 0. The average molecular weight is 224 g/mol. The van der Waals surface area contributed by atoms with Crippen LogP contribution in [-0.2, 0) is 4.79 Å². The Balaban J connectivity index is 1.59. The smallest absolute Gasteiger partial charge is 0.220 e. The van der Waals surface area contributed by atoms with Crippen LogP contribution in [0.1, 0.15) is 51.4 Å². The molecule has 92 valence electrons. The van der Waals surface area contributed by atoms with Gasteiger partial charge in [0.2, 0.25) is 5.91 Å². The molecule has 1 saturated heterocycles. The molecule has 2 rings (SSSR count). The van der Waals surface area contributed by atoms with Crippen LogP contribution >= 0.6 is 0 Å². The molecule has 0 bridgehead atoms. The van der Waals surface area contributed by atoms with Crippen LogP contribution in [0.25, 0.3) is 0 Å². The van der Waals surface area contributed by atoms with Crippen LogP contribution in [0.4, 0.5) is 0 Å². The number of piperidine rings is 1. The molecule has 0 radical (unpaired) electrons. The van der Waals surface area contributed by atoms with Crippen molar-refractivity contribution in [3.8, 4) is 0 Å². The molecule has 3 heteroatoms. The fraction of sp³-hybridized carbons (Fsp3) is 0.923. The lowest BCUT2D eigenvalue weighted by Crippen LogP contribution is -2.34. The van der Waals surface area contributed by atoms with Gasteiger partial charge in [-0.15, -0.1) is 0 Å². The van der Waals surface area contributed by atoms with Crippen molar-refractivity contribution in [2.75, 3.05) is 13.1 Å². The summed E-state index contributed by atoms with van der Waals surface area (Å²) in [7, 11) is 0. The van der Waals surface area contributed by atoms with E-state index in [9.17, 15) is 4.79 Å². The van der Waals surface area contributed by atoms with Gasteiger partial charge in [-0.25, -0.2) is 0 Å². The van der Waals surface area contributed by atoms with Gasteiger partial charge in [0, 0.05) is 12.5 Å². The molecule has 0 aromatic rings. The summed E-state index contributed by atoms with van der Waals surface area (Å²) in [5.41, 5.74) is 0. The molecular weight excluding hydrogens is 200 g/mol. The molecule has 2 aliphatic rings.